The molecule has 1 aromatic rings. The maximum Gasteiger partial charge on any atom is 0.125 e. The molecule has 1 aliphatic rings. The van der Waals surface area contributed by atoms with Gasteiger partial charge >= 0.3 is 0 Å². The highest BCUT2D eigenvalue weighted by Gasteiger charge is 2.38. The number of para-hydroxylation sites is 1. The van der Waals surface area contributed by atoms with Crippen LogP contribution in [0.5, 0.6) is 0 Å². The zero-order chi connectivity index (χ0) is 13.2. The average Bonchev–Trinajstić information content (AvgIpc) is 2.37. The molecule has 1 saturated carbocycles. The maximum absolute atomic E-state index is 9.54. The molecule has 0 aromatic heterocycles. The Labute approximate surface area is 114 Å². The molecule has 96 valence electrons. The van der Waals surface area contributed by atoms with E-state index in [4.69, 9.17) is 11.6 Å². The van der Waals surface area contributed by atoms with Crippen molar-refractivity contribution in [3.05, 3.63) is 29.3 Å². The molecule has 1 aromatic carbocycles. The van der Waals surface area contributed by atoms with Gasteiger partial charge in [0.1, 0.15) is 5.54 Å². The fourth-order valence-corrected chi connectivity index (χ4v) is 2.86. The second kappa shape index (κ2) is 5.20. The second-order valence-electron chi connectivity index (χ2n) is 5.50. The molecular weight excluding hydrogens is 244 g/mol. The van der Waals surface area contributed by atoms with Crippen LogP contribution in [-0.4, -0.2) is 5.54 Å². The molecule has 1 aliphatic carbocycles. The minimum atomic E-state index is -0.461. The lowest BCUT2D eigenvalue weighted by Gasteiger charge is -2.39. The number of benzene rings is 1. The molecule has 0 radical (unpaired) electrons. The highest BCUT2D eigenvalue weighted by molar-refractivity contribution is 6.33. The number of hydrogen-bond acceptors (Lipinski definition) is 2. The Balaban J connectivity index is 2.20. The van der Waals surface area contributed by atoms with Crippen molar-refractivity contribution in [2.75, 3.05) is 5.32 Å². The van der Waals surface area contributed by atoms with Gasteiger partial charge in [-0.2, -0.15) is 5.26 Å². The monoisotopic (exact) mass is 262 g/mol. The minimum absolute atomic E-state index is 0.461. The SMILES string of the molecule is CC1CCC(C#N)(Nc2ccccc2Cl)CC1C. The Bertz CT molecular complexity index is 466. The molecule has 3 unspecified atom stereocenters. The fraction of sp³-hybridized carbons (Fsp3) is 0.533. The van der Waals surface area contributed by atoms with E-state index in [1.165, 1.54) is 0 Å². The van der Waals surface area contributed by atoms with Crippen LogP contribution in [0.4, 0.5) is 5.69 Å². The van der Waals surface area contributed by atoms with Crippen molar-refractivity contribution in [3.8, 4) is 6.07 Å². The van der Waals surface area contributed by atoms with E-state index in [1.54, 1.807) is 0 Å². The standard InChI is InChI=1S/C15H19ClN2/c1-11-7-8-15(10-17,9-12(11)2)18-14-6-4-3-5-13(14)16/h3-6,11-12,18H,7-9H2,1-2H3. The summed E-state index contributed by atoms with van der Waals surface area (Å²) in [6.07, 6.45) is 2.86. The van der Waals surface area contributed by atoms with Gasteiger partial charge in [-0.05, 0) is 43.2 Å². The molecular formula is C15H19ClN2. The van der Waals surface area contributed by atoms with Gasteiger partial charge in [-0.3, -0.25) is 0 Å². The Morgan fingerprint density at radius 2 is 2.06 bits per heavy atom. The molecule has 3 heteroatoms. The van der Waals surface area contributed by atoms with Crippen molar-refractivity contribution in [1.29, 1.82) is 5.26 Å². The maximum atomic E-state index is 9.54. The molecule has 0 saturated heterocycles. The first-order valence-corrected chi connectivity index (χ1v) is 6.88. The first-order chi connectivity index (χ1) is 8.56. The van der Waals surface area contributed by atoms with Crippen LogP contribution in [0.15, 0.2) is 24.3 Å². The smallest absolute Gasteiger partial charge is 0.125 e. The minimum Gasteiger partial charge on any atom is -0.366 e. The Kier molecular flexibility index (Phi) is 3.82. The summed E-state index contributed by atoms with van der Waals surface area (Å²) < 4.78 is 0. The van der Waals surface area contributed by atoms with E-state index < -0.39 is 5.54 Å². The van der Waals surface area contributed by atoms with Crippen LogP contribution in [0.3, 0.4) is 0 Å². The van der Waals surface area contributed by atoms with Crippen molar-refractivity contribution >= 4 is 17.3 Å². The van der Waals surface area contributed by atoms with E-state index in [-0.39, 0.29) is 0 Å². The van der Waals surface area contributed by atoms with Crippen LogP contribution in [0.1, 0.15) is 33.1 Å². The van der Waals surface area contributed by atoms with E-state index in [0.29, 0.717) is 16.9 Å². The van der Waals surface area contributed by atoms with E-state index in [1.807, 2.05) is 24.3 Å². The van der Waals surface area contributed by atoms with Crippen LogP contribution in [0, 0.1) is 23.2 Å². The first kappa shape index (κ1) is 13.2. The van der Waals surface area contributed by atoms with Crippen LogP contribution >= 0.6 is 11.6 Å². The highest BCUT2D eigenvalue weighted by Crippen LogP contribution is 2.39. The van der Waals surface area contributed by atoms with Gasteiger partial charge in [0, 0.05) is 0 Å². The summed E-state index contributed by atoms with van der Waals surface area (Å²) in [6, 6.07) is 10.1. The molecule has 0 bridgehead atoms. The second-order valence-corrected chi connectivity index (χ2v) is 5.90. The molecule has 1 fully saturated rings. The van der Waals surface area contributed by atoms with Crippen LogP contribution in [0.25, 0.3) is 0 Å². The van der Waals surface area contributed by atoms with Crippen molar-refractivity contribution in [3.63, 3.8) is 0 Å². The van der Waals surface area contributed by atoms with Gasteiger partial charge in [-0.15, -0.1) is 0 Å². The van der Waals surface area contributed by atoms with Crippen molar-refractivity contribution in [1.82, 2.24) is 0 Å². The predicted molar refractivity (Wildman–Crippen MR) is 75.6 cm³/mol. The van der Waals surface area contributed by atoms with Crippen LogP contribution in [-0.2, 0) is 0 Å². The molecule has 0 heterocycles. The third-order valence-corrected chi connectivity index (χ3v) is 4.46. The third-order valence-electron chi connectivity index (χ3n) is 4.13. The predicted octanol–water partition coefficient (Wildman–Crippen LogP) is 4.47. The molecule has 1 N–H and O–H groups in total. The first-order valence-electron chi connectivity index (χ1n) is 6.50. The molecule has 0 amide bonds. The molecule has 18 heavy (non-hydrogen) atoms. The van der Waals surface area contributed by atoms with Gasteiger partial charge in [0.2, 0.25) is 0 Å². The van der Waals surface area contributed by atoms with Crippen LogP contribution in [0.2, 0.25) is 5.02 Å². The van der Waals surface area contributed by atoms with E-state index in [9.17, 15) is 5.26 Å². The number of halogens is 1. The summed E-state index contributed by atoms with van der Waals surface area (Å²) in [4.78, 5) is 0. The van der Waals surface area contributed by atoms with Gasteiger partial charge in [-0.1, -0.05) is 37.6 Å². The summed E-state index contributed by atoms with van der Waals surface area (Å²) in [5.41, 5.74) is 0.402. The van der Waals surface area contributed by atoms with Gasteiger partial charge < -0.3 is 5.32 Å². The lowest BCUT2D eigenvalue weighted by atomic mass is 9.72. The number of rotatable bonds is 2. The molecule has 0 spiro atoms. The zero-order valence-electron chi connectivity index (χ0n) is 10.9. The summed E-state index contributed by atoms with van der Waals surface area (Å²) >= 11 is 6.16. The lowest BCUT2D eigenvalue weighted by Crippen LogP contribution is -2.43. The van der Waals surface area contributed by atoms with Gasteiger partial charge in [0.25, 0.3) is 0 Å². The summed E-state index contributed by atoms with van der Waals surface area (Å²) in [7, 11) is 0. The zero-order valence-corrected chi connectivity index (χ0v) is 11.7. The number of nitrogens with zero attached hydrogens (tertiary/aromatic N) is 1. The number of nitriles is 1. The average molecular weight is 263 g/mol. The highest BCUT2D eigenvalue weighted by atomic mass is 35.5. The van der Waals surface area contributed by atoms with Crippen molar-refractivity contribution in [2.45, 2.75) is 38.6 Å². The summed E-state index contributed by atoms with van der Waals surface area (Å²) in [6.45, 7) is 4.49. The molecule has 2 rings (SSSR count). The third kappa shape index (κ3) is 2.62. The van der Waals surface area contributed by atoms with Crippen LogP contribution < -0.4 is 5.32 Å². The van der Waals surface area contributed by atoms with Gasteiger partial charge in [0.05, 0.1) is 16.8 Å². The molecule has 2 nitrogen and oxygen atoms in total. The normalized spacial score (nSPS) is 31.7. The fourth-order valence-electron chi connectivity index (χ4n) is 2.67. The Morgan fingerprint density at radius 1 is 1.33 bits per heavy atom. The molecule has 0 aliphatic heterocycles. The lowest BCUT2D eigenvalue weighted by molar-refractivity contribution is 0.226. The summed E-state index contributed by atoms with van der Waals surface area (Å²) in [5, 5.41) is 13.6. The van der Waals surface area contributed by atoms with E-state index in [0.717, 1.165) is 24.9 Å². The van der Waals surface area contributed by atoms with Crippen molar-refractivity contribution < 1.29 is 0 Å². The van der Waals surface area contributed by atoms with Crippen molar-refractivity contribution in [2.24, 2.45) is 11.8 Å². The van der Waals surface area contributed by atoms with E-state index >= 15 is 0 Å². The van der Waals surface area contributed by atoms with E-state index in [2.05, 4.69) is 25.2 Å². The Hall–Kier alpha value is -1.20. The van der Waals surface area contributed by atoms with Gasteiger partial charge in [0.15, 0.2) is 0 Å². The largest absolute Gasteiger partial charge is 0.366 e. The Morgan fingerprint density at radius 3 is 2.67 bits per heavy atom. The summed E-state index contributed by atoms with van der Waals surface area (Å²) in [5.74, 6) is 1.26. The topological polar surface area (TPSA) is 35.8 Å². The number of anilines is 1. The number of hydrogen-bond donors (Lipinski definition) is 1. The number of nitrogens with one attached hydrogen (secondary N) is 1. The molecule has 3 atom stereocenters. The van der Waals surface area contributed by atoms with Gasteiger partial charge in [-0.25, -0.2) is 0 Å². The quantitative estimate of drug-likeness (QED) is 0.854.